The highest BCUT2D eigenvalue weighted by Gasteiger charge is 2.22. The molecule has 1 aromatic carbocycles. The number of hydrogen-bond donors (Lipinski definition) is 1. The number of benzene rings is 1. The Morgan fingerprint density at radius 2 is 1.83 bits per heavy atom. The van der Waals surface area contributed by atoms with Crippen molar-refractivity contribution in [3.05, 3.63) is 40.9 Å². The molecule has 0 aromatic heterocycles. The van der Waals surface area contributed by atoms with Crippen molar-refractivity contribution < 1.29 is 18.3 Å². The lowest BCUT2D eigenvalue weighted by Gasteiger charge is -2.09. The Morgan fingerprint density at radius 1 is 1.33 bits per heavy atom. The van der Waals surface area contributed by atoms with E-state index in [2.05, 4.69) is 0 Å². The molecule has 4 nitrogen and oxygen atoms in total. The zero-order valence-electron chi connectivity index (χ0n) is 9.92. The summed E-state index contributed by atoms with van der Waals surface area (Å²) in [5, 5.41) is 8.26. The highest BCUT2D eigenvalue weighted by Crippen LogP contribution is 2.20. The molecule has 0 aliphatic rings. The third-order valence-corrected chi connectivity index (χ3v) is 4.75. The van der Waals surface area contributed by atoms with Gasteiger partial charge in [0, 0.05) is 10.6 Å². The monoisotopic (exact) mass is 288 g/mol. The summed E-state index contributed by atoms with van der Waals surface area (Å²) in [7, 11) is -3.58. The van der Waals surface area contributed by atoms with E-state index in [-0.39, 0.29) is 10.5 Å². The van der Waals surface area contributed by atoms with E-state index < -0.39 is 21.1 Å². The van der Waals surface area contributed by atoms with Gasteiger partial charge in [0.25, 0.3) is 0 Å². The average Bonchev–Trinajstić information content (AvgIpc) is 2.29. The average molecular weight is 289 g/mol. The maximum atomic E-state index is 12.1. The second-order valence-corrected chi connectivity index (χ2v) is 6.60. The molecule has 0 fully saturated rings. The zero-order chi connectivity index (χ0) is 13.9. The fourth-order valence-electron chi connectivity index (χ4n) is 1.35. The van der Waals surface area contributed by atoms with E-state index in [1.807, 2.05) is 0 Å². The summed E-state index contributed by atoms with van der Waals surface area (Å²) in [4.78, 5) is 10.8. The molecule has 1 N–H and O–H groups in total. The highest BCUT2D eigenvalue weighted by atomic mass is 35.5. The van der Waals surface area contributed by atoms with Crippen LogP contribution in [0.5, 0.6) is 0 Å². The molecule has 0 radical (unpaired) electrons. The van der Waals surface area contributed by atoms with Crippen molar-refractivity contribution in [3.63, 3.8) is 0 Å². The van der Waals surface area contributed by atoms with E-state index in [0.717, 1.165) is 0 Å². The Hall–Kier alpha value is -1.33. The minimum Gasteiger partial charge on any atom is -0.478 e. The molecule has 6 heteroatoms. The predicted octanol–water partition coefficient (Wildman–Crippen LogP) is 2.53. The van der Waals surface area contributed by atoms with Gasteiger partial charge in [0.05, 0.1) is 10.1 Å². The van der Waals surface area contributed by atoms with Crippen LogP contribution in [0, 0.1) is 0 Å². The van der Waals surface area contributed by atoms with Crippen molar-refractivity contribution in [2.75, 3.05) is 0 Å². The number of carboxylic acids is 1. The van der Waals surface area contributed by atoms with Crippen LogP contribution in [0.1, 0.15) is 13.8 Å². The summed E-state index contributed by atoms with van der Waals surface area (Å²) >= 11 is 5.68. The standard InChI is InChI=1S/C12H13ClO4S/c1-8(12(14)15)7-9(2)18(16,17)11-5-3-10(13)4-6-11/h3-7,9H,1-2H3,(H,14,15). The predicted molar refractivity (Wildman–Crippen MR) is 69.5 cm³/mol. The van der Waals surface area contributed by atoms with Gasteiger partial charge in [-0.1, -0.05) is 17.7 Å². The summed E-state index contributed by atoms with van der Waals surface area (Å²) in [6.07, 6.45) is 1.21. The van der Waals surface area contributed by atoms with Gasteiger partial charge in [0.15, 0.2) is 9.84 Å². The molecule has 0 saturated heterocycles. The molecule has 0 aliphatic carbocycles. The molecule has 0 aliphatic heterocycles. The van der Waals surface area contributed by atoms with Crippen LogP contribution in [0.3, 0.4) is 0 Å². The maximum absolute atomic E-state index is 12.1. The number of aliphatic carboxylic acids is 1. The second-order valence-electron chi connectivity index (χ2n) is 3.86. The van der Waals surface area contributed by atoms with Crippen LogP contribution in [0.2, 0.25) is 5.02 Å². The molecule has 1 unspecified atom stereocenters. The largest absolute Gasteiger partial charge is 0.478 e. The number of halogens is 1. The van der Waals surface area contributed by atoms with Gasteiger partial charge in [-0.2, -0.15) is 0 Å². The Balaban J connectivity index is 3.11. The lowest BCUT2D eigenvalue weighted by Crippen LogP contribution is -2.17. The van der Waals surface area contributed by atoms with Crippen LogP contribution in [0.4, 0.5) is 0 Å². The van der Waals surface area contributed by atoms with Crippen LogP contribution in [-0.4, -0.2) is 24.7 Å². The van der Waals surface area contributed by atoms with E-state index in [1.54, 1.807) is 0 Å². The van der Waals surface area contributed by atoms with Crippen LogP contribution in [0.15, 0.2) is 40.8 Å². The van der Waals surface area contributed by atoms with Crippen molar-refractivity contribution in [1.82, 2.24) is 0 Å². The quantitative estimate of drug-likeness (QED) is 0.864. The van der Waals surface area contributed by atoms with Crippen LogP contribution < -0.4 is 0 Å². The smallest absolute Gasteiger partial charge is 0.330 e. The van der Waals surface area contributed by atoms with Crippen molar-refractivity contribution in [2.24, 2.45) is 0 Å². The minimum atomic E-state index is -3.58. The minimum absolute atomic E-state index is 0.0000357. The fourth-order valence-corrected chi connectivity index (χ4v) is 2.81. The molecule has 18 heavy (non-hydrogen) atoms. The van der Waals surface area contributed by atoms with E-state index in [0.29, 0.717) is 5.02 Å². The summed E-state index contributed by atoms with van der Waals surface area (Å²) in [6, 6.07) is 5.76. The summed E-state index contributed by atoms with van der Waals surface area (Å²) in [5.41, 5.74) is 0.0000357. The first-order valence-electron chi connectivity index (χ1n) is 5.16. The van der Waals surface area contributed by atoms with Gasteiger partial charge >= 0.3 is 5.97 Å². The molecular formula is C12H13ClO4S. The van der Waals surface area contributed by atoms with Crippen molar-refractivity contribution in [2.45, 2.75) is 24.0 Å². The number of carbonyl (C=O) groups is 1. The molecule has 98 valence electrons. The van der Waals surface area contributed by atoms with Gasteiger partial charge in [-0.3, -0.25) is 0 Å². The first-order chi connectivity index (χ1) is 8.25. The van der Waals surface area contributed by atoms with Crippen LogP contribution >= 0.6 is 11.6 Å². The molecular weight excluding hydrogens is 276 g/mol. The molecule has 1 aromatic rings. The number of carboxylic acid groups (broad SMARTS) is 1. The Bertz CT molecular complexity index is 573. The molecule has 1 atom stereocenters. The van der Waals surface area contributed by atoms with E-state index in [1.165, 1.54) is 44.2 Å². The zero-order valence-corrected chi connectivity index (χ0v) is 11.5. The molecule has 0 heterocycles. The molecule has 0 saturated carbocycles. The molecule has 0 spiro atoms. The Kier molecular flexibility index (Phi) is 4.53. The SMILES string of the molecule is CC(=CC(C)S(=O)(=O)c1ccc(Cl)cc1)C(=O)O. The third-order valence-electron chi connectivity index (χ3n) is 2.45. The lowest BCUT2D eigenvalue weighted by atomic mass is 10.2. The first-order valence-corrected chi connectivity index (χ1v) is 7.08. The van der Waals surface area contributed by atoms with Crippen LogP contribution in [0.25, 0.3) is 0 Å². The van der Waals surface area contributed by atoms with Crippen molar-refractivity contribution in [3.8, 4) is 0 Å². The van der Waals surface area contributed by atoms with E-state index in [4.69, 9.17) is 16.7 Å². The normalized spacial score (nSPS) is 14.3. The fraction of sp³-hybridized carbons (Fsp3) is 0.250. The van der Waals surface area contributed by atoms with E-state index >= 15 is 0 Å². The summed E-state index contributed by atoms with van der Waals surface area (Å²) in [6.45, 7) is 2.80. The van der Waals surface area contributed by atoms with Gasteiger partial charge in [0.1, 0.15) is 0 Å². The first kappa shape index (κ1) is 14.7. The van der Waals surface area contributed by atoms with Crippen molar-refractivity contribution in [1.29, 1.82) is 0 Å². The molecule has 0 bridgehead atoms. The topological polar surface area (TPSA) is 71.4 Å². The Morgan fingerprint density at radius 3 is 2.28 bits per heavy atom. The molecule has 1 rings (SSSR count). The van der Waals surface area contributed by atoms with Crippen molar-refractivity contribution >= 4 is 27.4 Å². The number of hydrogen-bond acceptors (Lipinski definition) is 3. The highest BCUT2D eigenvalue weighted by molar-refractivity contribution is 7.92. The van der Waals surface area contributed by atoms with Gasteiger partial charge in [-0.05, 0) is 38.1 Å². The lowest BCUT2D eigenvalue weighted by molar-refractivity contribution is -0.132. The number of rotatable bonds is 4. The van der Waals surface area contributed by atoms with Gasteiger partial charge in [0.2, 0.25) is 0 Å². The van der Waals surface area contributed by atoms with Crippen LogP contribution in [-0.2, 0) is 14.6 Å². The summed E-state index contributed by atoms with van der Waals surface area (Å²) < 4.78 is 24.2. The van der Waals surface area contributed by atoms with E-state index in [9.17, 15) is 13.2 Å². The third kappa shape index (κ3) is 3.34. The number of sulfone groups is 1. The van der Waals surface area contributed by atoms with Gasteiger partial charge in [-0.15, -0.1) is 0 Å². The molecule has 0 amide bonds. The van der Waals surface area contributed by atoms with Gasteiger partial charge in [-0.25, -0.2) is 13.2 Å². The second kappa shape index (κ2) is 5.54. The maximum Gasteiger partial charge on any atom is 0.330 e. The van der Waals surface area contributed by atoms with Gasteiger partial charge < -0.3 is 5.11 Å². The Labute approximate surface area is 111 Å². The summed E-state index contributed by atoms with van der Waals surface area (Å²) in [5.74, 6) is -1.13.